The first-order valence-electron chi connectivity index (χ1n) is 18.4. The van der Waals surface area contributed by atoms with E-state index in [4.69, 9.17) is 52.1 Å². The zero-order valence-corrected chi connectivity index (χ0v) is 34.9. The summed E-state index contributed by atoms with van der Waals surface area (Å²) in [5, 5.41) is 7.33. The predicted molar refractivity (Wildman–Crippen MR) is 193 cm³/mol. The number of nitrogens with one attached hydrogen (secondary N) is 3. The fourth-order valence-electron chi connectivity index (χ4n) is 5.74. The monoisotopic (exact) mass is 863 g/mol. The molecular formula is C36H53N3O21. The molecule has 0 saturated carbocycles. The second kappa shape index (κ2) is 23.4. The predicted octanol–water partition coefficient (Wildman–Crippen LogP) is -2.23. The number of esters is 8. The molecule has 0 aromatic carbocycles. The summed E-state index contributed by atoms with van der Waals surface area (Å²) in [5.74, 6) is -8.62. The van der Waals surface area contributed by atoms with Crippen LogP contribution in [0.3, 0.4) is 0 Å². The summed E-state index contributed by atoms with van der Waals surface area (Å²) in [6, 6.07) is 0. The van der Waals surface area contributed by atoms with E-state index >= 15 is 0 Å². The highest BCUT2D eigenvalue weighted by molar-refractivity contribution is 5.84. The molecule has 2 rings (SSSR count). The Morgan fingerprint density at radius 1 is 0.500 bits per heavy atom. The average molecular weight is 864 g/mol. The Hall–Kier alpha value is -5.46. The maximum Gasteiger partial charge on any atom is 0.325 e. The van der Waals surface area contributed by atoms with Crippen molar-refractivity contribution in [3.8, 4) is 0 Å². The Kier molecular flexibility index (Phi) is 19.7. The zero-order chi connectivity index (χ0) is 45.5. The molecule has 0 spiro atoms. The summed E-state index contributed by atoms with van der Waals surface area (Å²) in [6.45, 7) is 9.30. The molecule has 2 aliphatic rings. The number of carbonyl (C=O) groups excluding carboxylic acids is 10. The zero-order valence-electron chi connectivity index (χ0n) is 34.9. The quantitative estimate of drug-likeness (QED) is 0.0970. The van der Waals surface area contributed by atoms with E-state index in [9.17, 15) is 47.9 Å². The first-order chi connectivity index (χ1) is 27.9. The number of ether oxygens (including phenoxy) is 11. The van der Waals surface area contributed by atoms with Gasteiger partial charge in [-0.25, -0.2) is 0 Å². The van der Waals surface area contributed by atoms with Gasteiger partial charge in [0, 0.05) is 48.5 Å². The van der Waals surface area contributed by atoms with Crippen LogP contribution in [0.15, 0.2) is 0 Å². The lowest BCUT2D eigenvalue weighted by Gasteiger charge is -2.48. The van der Waals surface area contributed by atoms with Crippen LogP contribution >= 0.6 is 0 Å². The third-order valence-corrected chi connectivity index (χ3v) is 7.65. The molecule has 2 aliphatic heterocycles. The fraction of sp³-hybridized carbons (Fsp3) is 0.722. The Labute approximate surface area is 344 Å². The van der Waals surface area contributed by atoms with E-state index in [0.717, 1.165) is 48.5 Å². The van der Waals surface area contributed by atoms with Crippen LogP contribution < -0.4 is 16.0 Å². The van der Waals surface area contributed by atoms with E-state index in [-0.39, 0.29) is 0 Å². The van der Waals surface area contributed by atoms with Crippen molar-refractivity contribution in [3.05, 3.63) is 0 Å². The fourth-order valence-corrected chi connectivity index (χ4v) is 5.74. The van der Waals surface area contributed by atoms with E-state index in [1.165, 1.54) is 0 Å². The molecule has 0 aromatic rings. The van der Waals surface area contributed by atoms with Crippen LogP contribution in [-0.4, -0.2) is 159 Å². The molecule has 2 heterocycles. The first-order valence-corrected chi connectivity index (χ1v) is 18.4. The van der Waals surface area contributed by atoms with Gasteiger partial charge >= 0.3 is 47.8 Å². The van der Waals surface area contributed by atoms with E-state index < -0.39 is 159 Å². The van der Waals surface area contributed by atoms with Crippen LogP contribution in [0.5, 0.6) is 0 Å². The van der Waals surface area contributed by atoms with Crippen LogP contribution in [0.2, 0.25) is 0 Å². The molecule has 0 aliphatic carbocycles. The second-order valence-corrected chi connectivity index (χ2v) is 14.2. The van der Waals surface area contributed by atoms with Gasteiger partial charge in [0.2, 0.25) is 11.8 Å². The molecular weight excluding hydrogens is 810 g/mol. The maximum atomic E-state index is 13.2. The molecule has 3 N–H and O–H groups in total. The summed E-state index contributed by atoms with van der Waals surface area (Å²) in [7, 11) is 0. The summed E-state index contributed by atoms with van der Waals surface area (Å²) in [5.41, 5.74) is -0.781. The molecule has 0 radical (unpaired) electrons. The molecule has 10 atom stereocenters. The third kappa shape index (κ3) is 17.8. The van der Waals surface area contributed by atoms with Crippen molar-refractivity contribution in [1.29, 1.82) is 0 Å². The van der Waals surface area contributed by atoms with Crippen molar-refractivity contribution in [2.75, 3.05) is 32.8 Å². The Balaban J connectivity index is 2.53. The molecule has 24 heteroatoms. The minimum absolute atomic E-state index is 0.438. The molecule has 24 nitrogen and oxygen atoms in total. The number of hydrogen-bond donors (Lipinski definition) is 3. The van der Waals surface area contributed by atoms with Crippen LogP contribution in [0, 0.1) is 0 Å². The van der Waals surface area contributed by atoms with Gasteiger partial charge in [-0.05, 0) is 20.8 Å². The van der Waals surface area contributed by atoms with E-state index in [2.05, 4.69) is 16.0 Å². The van der Waals surface area contributed by atoms with Gasteiger partial charge in [-0.15, -0.1) is 0 Å². The van der Waals surface area contributed by atoms with Crippen molar-refractivity contribution < 1.29 is 100 Å². The SMILES string of the molecule is CC(=O)OC[C@H]1O[C@@H](NC(=O)CNCC(=O)NCC(=O)OC(C)(C)C)[C@H](OC(C)=O)[C@@H](OC(C)=O)[C@@H]1O[C@@H]1O[C@H](COC(C)=O)[C@@H](OC(C)=O)[C@H](OC(C)=O)[C@H]1OC(C)=O. The lowest BCUT2D eigenvalue weighted by molar-refractivity contribution is -0.345. The van der Waals surface area contributed by atoms with Gasteiger partial charge < -0.3 is 62.7 Å². The van der Waals surface area contributed by atoms with Crippen LogP contribution in [-0.2, 0) is 100 Å². The van der Waals surface area contributed by atoms with Gasteiger partial charge in [-0.3, -0.25) is 53.3 Å². The minimum Gasteiger partial charge on any atom is -0.463 e. The number of carbonyl (C=O) groups is 10. The molecule has 0 unspecified atom stereocenters. The number of hydrogen-bond acceptors (Lipinski definition) is 22. The van der Waals surface area contributed by atoms with E-state index in [1.807, 2.05) is 0 Å². The van der Waals surface area contributed by atoms with Gasteiger partial charge in [-0.2, -0.15) is 0 Å². The van der Waals surface area contributed by atoms with Gasteiger partial charge in [0.25, 0.3) is 0 Å². The number of rotatable bonds is 18. The van der Waals surface area contributed by atoms with Crippen LogP contribution in [0.4, 0.5) is 0 Å². The standard InChI is InChI=1S/C36H53N3O21/c1-16(40)50-14-23-29(59-35-33(56-22(7)46)31(54-20(5)44)28(52-18(3)42)24(58-35)15-51-17(2)41)30(53-19(4)43)32(55-21(6)45)34(57-23)39-26(48)12-37-11-25(47)38-13-27(49)60-36(8,9)10/h23-24,28-35,37H,11-15H2,1-10H3,(H,38,47)(H,39,48)/t23-,24-,28-,29-,30+,31+,32-,33-,34-,35+/m1/s1. The largest absolute Gasteiger partial charge is 0.463 e. The molecule has 338 valence electrons. The van der Waals surface area contributed by atoms with Gasteiger partial charge in [-0.1, -0.05) is 0 Å². The number of amides is 2. The second-order valence-electron chi connectivity index (χ2n) is 14.2. The minimum atomic E-state index is -1.90. The maximum absolute atomic E-state index is 13.2. The molecule has 2 saturated heterocycles. The van der Waals surface area contributed by atoms with E-state index in [0.29, 0.717) is 0 Å². The highest BCUT2D eigenvalue weighted by Crippen LogP contribution is 2.35. The average Bonchev–Trinajstić information content (AvgIpc) is 3.08. The molecule has 2 fully saturated rings. The first kappa shape index (κ1) is 50.7. The molecule has 2 amide bonds. The molecule has 60 heavy (non-hydrogen) atoms. The van der Waals surface area contributed by atoms with Gasteiger partial charge in [0.05, 0.1) is 13.1 Å². The highest BCUT2D eigenvalue weighted by Gasteiger charge is 2.57. The molecule has 0 aromatic heterocycles. The van der Waals surface area contributed by atoms with Crippen LogP contribution in [0.25, 0.3) is 0 Å². The van der Waals surface area contributed by atoms with Crippen molar-refractivity contribution in [3.63, 3.8) is 0 Å². The van der Waals surface area contributed by atoms with Crippen molar-refractivity contribution in [2.45, 2.75) is 136 Å². The third-order valence-electron chi connectivity index (χ3n) is 7.65. The Morgan fingerprint density at radius 3 is 1.42 bits per heavy atom. The normalized spacial score (nSPS) is 26.2. The van der Waals surface area contributed by atoms with Crippen LogP contribution in [0.1, 0.15) is 69.2 Å². The summed E-state index contributed by atoms with van der Waals surface area (Å²) < 4.78 is 61.1. The van der Waals surface area contributed by atoms with Crippen molar-refractivity contribution in [1.82, 2.24) is 16.0 Å². The van der Waals surface area contributed by atoms with Crippen molar-refractivity contribution in [2.24, 2.45) is 0 Å². The van der Waals surface area contributed by atoms with Gasteiger partial charge in [0.15, 0.2) is 43.0 Å². The Bertz CT molecular complexity index is 1600. The Morgan fingerprint density at radius 2 is 0.933 bits per heavy atom. The summed E-state index contributed by atoms with van der Waals surface area (Å²) in [6.07, 6.45) is -16.9. The summed E-state index contributed by atoms with van der Waals surface area (Å²) >= 11 is 0. The summed E-state index contributed by atoms with van der Waals surface area (Å²) in [4.78, 5) is 123. The van der Waals surface area contributed by atoms with E-state index in [1.54, 1.807) is 20.8 Å². The molecule has 0 bridgehead atoms. The lowest BCUT2D eigenvalue weighted by Crippen LogP contribution is -2.69. The smallest absolute Gasteiger partial charge is 0.325 e. The lowest BCUT2D eigenvalue weighted by atomic mass is 9.95. The van der Waals surface area contributed by atoms with Gasteiger partial charge in [0.1, 0.15) is 43.7 Å². The topological polar surface area (TPSA) is 308 Å². The van der Waals surface area contributed by atoms with Crippen molar-refractivity contribution >= 4 is 59.6 Å². The highest BCUT2D eigenvalue weighted by atomic mass is 16.8.